The zero-order valence-electron chi connectivity index (χ0n) is 12.8. The Labute approximate surface area is 137 Å². The van der Waals surface area contributed by atoms with Crippen LogP contribution in [0.3, 0.4) is 0 Å². The van der Waals surface area contributed by atoms with Crippen LogP contribution in [0.2, 0.25) is 5.02 Å². The van der Waals surface area contributed by atoms with Gasteiger partial charge in [-0.15, -0.1) is 0 Å². The lowest BCUT2D eigenvalue weighted by molar-refractivity contribution is -0.136. The van der Waals surface area contributed by atoms with E-state index in [1.165, 1.54) is 24.4 Å². The molecule has 2 N–H and O–H groups in total. The molecule has 0 saturated carbocycles. The van der Waals surface area contributed by atoms with Crippen LogP contribution in [0, 0.1) is 0 Å². The van der Waals surface area contributed by atoms with E-state index in [0.29, 0.717) is 5.95 Å². The molecule has 4 nitrogen and oxygen atoms in total. The molecule has 0 fully saturated rings. The molecular weight excluding hydrogens is 329 g/mol. The minimum Gasteiger partial charge on any atom is -0.350 e. The molecule has 0 unspecified atom stereocenters. The van der Waals surface area contributed by atoms with Crippen LogP contribution in [0.15, 0.2) is 30.5 Å². The van der Waals surface area contributed by atoms with Crippen molar-refractivity contribution in [1.29, 1.82) is 0 Å². The summed E-state index contributed by atoms with van der Waals surface area (Å²) in [5.41, 5.74) is -1.24. The molecule has 0 atom stereocenters. The summed E-state index contributed by atoms with van der Waals surface area (Å²) in [4.78, 5) is 8.21. The summed E-state index contributed by atoms with van der Waals surface area (Å²) in [5, 5.41) is 5.73. The molecule has 2 aromatic rings. The van der Waals surface area contributed by atoms with Gasteiger partial charge in [-0.25, -0.2) is 4.98 Å². The van der Waals surface area contributed by atoms with E-state index in [2.05, 4.69) is 20.6 Å². The topological polar surface area (TPSA) is 49.8 Å². The van der Waals surface area contributed by atoms with Crippen molar-refractivity contribution < 1.29 is 13.2 Å². The summed E-state index contributed by atoms with van der Waals surface area (Å²) >= 11 is 5.66. The van der Waals surface area contributed by atoms with Crippen LogP contribution in [0.5, 0.6) is 0 Å². The van der Waals surface area contributed by atoms with E-state index in [9.17, 15) is 13.2 Å². The second kappa shape index (κ2) is 6.23. The largest absolute Gasteiger partial charge is 0.418 e. The molecule has 0 aliphatic heterocycles. The number of nitrogens with one attached hydrogen (secondary N) is 2. The van der Waals surface area contributed by atoms with Gasteiger partial charge in [-0.1, -0.05) is 11.6 Å². The van der Waals surface area contributed by atoms with Gasteiger partial charge in [0.05, 0.1) is 11.3 Å². The third-order valence-electron chi connectivity index (χ3n) is 2.69. The van der Waals surface area contributed by atoms with Crippen LogP contribution in [-0.2, 0) is 6.18 Å². The number of hydrogen-bond acceptors (Lipinski definition) is 4. The number of hydrogen-bond donors (Lipinski definition) is 2. The van der Waals surface area contributed by atoms with Crippen molar-refractivity contribution in [2.45, 2.75) is 32.5 Å². The number of rotatable bonds is 3. The van der Waals surface area contributed by atoms with Crippen molar-refractivity contribution in [2.75, 3.05) is 10.6 Å². The Morgan fingerprint density at radius 1 is 1.09 bits per heavy atom. The quantitative estimate of drug-likeness (QED) is 0.813. The van der Waals surface area contributed by atoms with Crippen molar-refractivity contribution in [1.82, 2.24) is 9.97 Å². The Balaban J connectivity index is 2.31. The highest BCUT2D eigenvalue weighted by Crippen LogP contribution is 2.37. The Morgan fingerprint density at radius 2 is 1.78 bits per heavy atom. The van der Waals surface area contributed by atoms with Crippen molar-refractivity contribution in [3.63, 3.8) is 0 Å². The van der Waals surface area contributed by atoms with E-state index in [-0.39, 0.29) is 22.1 Å². The lowest BCUT2D eigenvalue weighted by Gasteiger charge is -2.21. The van der Waals surface area contributed by atoms with Crippen LogP contribution in [-0.4, -0.2) is 15.5 Å². The van der Waals surface area contributed by atoms with E-state index in [4.69, 9.17) is 11.6 Å². The number of halogens is 4. The van der Waals surface area contributed by atoms with Gasteiger partial charge in [-0.3, -0.25) is 0 Å². The molecule has 0 amide bonds. The lowest BCUT2D eigenvalue weighted by atomic mass is 10.1. The summed E-state index contributed by atoms with van der Waals surface area (Å²) < 4.78 is 39.3. The maximum absolute atomic E-state index is 13.1. The van der Waals surface area contributed by atoms with Gasteiger partial charge < -0.3 is 10.6 Å². The Morgan fingerprint density at radius 3 is 2.39 bits per heavy atom. The molecule has 0 bridgehead atoms. The van der Waals surface area contributed by atoms with Gasteiger partial charge in [0.15, 0.2) is 0 Å². The fourth-order valence-corrected chi connectivity index (χ4v) is 1.99. The molecule has 124 valence electrons. The van der Waals surface area contributed by atoms with Crippen LogP contribution in [0.4, 0.5) is 30.6 Å². The van der Waals surface area contributed by atoms with Gasteiger partial charge >= 0.3 is 6.18 Å². The summed E-state index contributed by atoms with van der Waals surface area (Å²) in [7, 11) is 0. The van der Waals surface area contributed by atoms with Gasteiger partial charge in [0, 0.05) is 16.8 Å². The van der Waals surface area contributed by atoms with Crippen molar-refractivity contribution >= 4 is 29.1 Å². The number of nitrogens with zero attached hydrogens (tertiary/aromatic N) is 2. The third-order valence-corrected chi connectivity index (χ3v) is 2.93. The van der Waals surface area contributed by atoms with E-state index in [0.717, 1.165) is 6.07 Å². The molecule has 0 aliphatic carbocycles. The monoisotopic (exact) mass is 344 g/mol. The van der Waals surface area contributed by atoms with E-state index < -0.39 is 11.7 Å². The zero-order valence-corrected chi connectivity index (χ0v) is 13.5. The predicted octanol–water partition coefficient (Wildman–Crippen LogP) is 5.10. The van der Waals surface area contributed by atoms with Crippen LogP contribution < -0.4 is 10.6 Å². The van der Waals surface area contributed by atoms with Gasteiger partial charge in [0.25, 0.3) is 0 Å². The second-order valence-corrected chi connectivity index (χ2v) is 6.39. The molecule has 8 heteroatoms. The Hall–Kier alpha value is -2.02. The molecule has 1 aromatic carbocycles. The van der Waals surface area contributed by atoms with E-state index in [1.807, 2.05) is 20.8 Å². The first kappa shape index (κ1) is 17.3. The Bertz CT molecular complexity index is 696. The van der Waals surface area contributed by atoms with Gasteiger partial charge in [-0.2, -0.15) is 18.2 Å². The zero-order chi connectivity index (χ0) is 17.3. The highest BCUT2D eigenvalue weighted by molar-refractivity contribution is 6.30. The summed E-state index contributed by atoms with van der Waals surface area (Å²) in [5.74, 6) is 0.574. The first-order valence-electron chi connectivity index (χ1n) is 6.79. The number of benzene rings is 1. The van der Waals surface area contributed by atoms with Crippen LogP contribution in [0.1, 0.15) is 26.3 Å². The number of aromatic nitrogens is 2. The first-order valence-corrected chi connectivity index (χ1v) is 7.17. The SMILES string of the molecule is CC(C)(C)Nc1nccc(Nc2ccc(Cl)cc2C(F)(F)F)n1. The van der Waals surface area contributed by atoms with Crippen LogP contribution in [0.25, 0.3) is 0 Å². The maximum Gasteiger partial charge on any atom is 0.418 e. The molecule has 1 heterocycles. The molecule has 0 saturated heterocycles. The fourth-order valence-electron chi connectivity index (χ4n) is 1.82. The summed E-state index contributed by atoms with van der Waals surface area (Å²) in [6.07, 6.45) is -3.06. The van der Waals surface area contributed by atoms with E-state index >= 15 is 0 Å². The highest BCUT2D eigenvalue weighted by Gasteiger charge is 2.34. The minimum absolute atomic E-state index is 0.0145. The first-order chi connectivity index (χ1) is 10.5. The van der Waals surface area contributed by atoms with Crippen molar-refractivity contribution in [3.8, 4) is 0 Å². The van der Waals surface area contributed by atoms with Crippen LogP contribution >= 0.6 is 11.6 Å². The van der Waals surface area contributed by atoms with Crippen molar-refractivity contribution in [3.05, 3.63) is 41.0 Å². The Kier molecular flexibility index (Phi) is 4.70. The summed E-state index contributed by atoms with van der Waals surface area (Å²) in [6, 6.07) is 5.01. The number of anilines is 3. The predicted molar refractivity (Wildman–Crippen MR) is 85.1 cm³/mol. The third kappa shape index (κ3) is 4.99. The minimum atomic E-state index is -4.52. The molecule has 2 rings (SSSR count). The van der Waals surface area contributed by atoms with Crippen molar-refractivity contribution in [2.24, 2.45) is 0 Å². The molecule has 23 heavy (non-hydrogen) atoms. The average molecular weight is 345 g/mol. The smallest absolute Gasteiger partial charge is 0.350 e. The molecule has 0 spiro atoms. The second-order valence-electron chi connectivity index (χ2n) is 5.95. The molecule has 1 aromatic heterocycles. The average Bonchev–Trinajstić information content (AvgIpc) is 2.38. The summed E-state index contributed by atoms with van der Waals surface area (Å²) in [6.45, 7) is 5.78. The fraction of sp³-hybridized carbons (Fsp3) is 0.333. The van der Waals surface area contributed by atoms with Gasteiger partial charge in [-0.05, 0) is 45.0 Å². The maximum atomic E-state index is 13.1. The highest BCUT2D eigenvalue weighted by atomic mass is 35.5. The van der Waals surface area contributed by atoms with E-state index in [1.54, 1.807) is 0 Å². The normalized spacial score (nSPS) is 12.1. The molecular formula is C15H16ClF3N4. The standard InChI is InChI=1S/C15H16ClF3N4/c1-14(2,3)23-13-20-7-6-12(22-13)21-11-5-4-9(16)8-10(11)15(17,18)19/h4-8H,1-3H3,(H2,20,21,22,23). The van der Waals surface area contributed by atoms with Gasteiger partial charge in [0.2, 0.25) is 5.95 Å². The molecule has 0 radical (unpaired) electrons. The molecule has 0 aliphatic rings. The number of alkyl halides is 3. The van der Waals surface area contributed by atoms with Gasteiger partial charge in [0.1, 0.15) is 5.82 Å². The lowest BCUT2D eigenvalue weighted by Crippen LogP contribution is -2.27.